The van der Waals surface area contributed by atoms with Crippen molar-refractivity contribution in [3.8, 4) is 22.3 Å². The molecule has 4 aromatic carbocycles. The summed E-state index contributed by atoms with van der Waals surface area (Å²) < 4.78 is 19.5. The average Bonchev–Trinajstić information content (AvgIpc) is 3.24. The van der Waals surface area contributed by atoms with Gasteiger partial charge in [-0.15, -0.1) is 0 Å². The molecular weight excluding hydrogens is 482 g/mol. The molecule has 204 valence electrons. The van der Waals surface area contributed by atoms with Crippen molar-refractivity contribution in [3.63, 3.8) is 0 Å². The maximum atomic E-state index is 9.77. The normalized spacial score (nSPS) is 21.1. The summed E-state index contributed by atoms with van der Waals surface area (Å²) in [6.07, 6.45) is 10.4. The van der Waals surface area contributed by atoms with Crippen molar-refractivity contribution in [1.82, 2.24) is 0 Å². The zero-order valence-corrected chi connectivity index (χ0v) is 24.2. The number of fused-ring (bicyclic) bond motifs is 3. The van der Waals surface area contributed by atoms with E-state index < -0.39 is 11.8 Å². The summed E-state index contributed by atoms with van der Waals surface area (Å²) in [5.74, 6) is -1.22. The molecule has 4 aromatic rings. The first-order valence-corrected chi connectivity index (χ1v) is 15.5. The Labute approximate surface area is 243 Å². The SMILES string of the molecule is [2H]C1(c2cc(-c3ccccc3)ccc2Nc2cc3c(cc2C2([2H])CCCCC2)-c2ccccc2C3(C)C)CCCCC1. The van der Waals surface area contributed by atoms with E-state index >= 15 is 0 Å². The van der Waals surface area contributed by atoms with Gasteiger partial charge in [0.05, 0.1) is 0 Å². The van der Waals surface area contributed by atoms with Crippen LogP contribution in [0.2, 0.25) is 0 Å². The van der Waals surface area contributed by atoms with Crippen molar-refractivity contribution in [1.29, 1.82) is 0 Å². The second kappa shape index (κ2) is 10.6. The summed E-state index contributed by atoms with van der Waals surface area (Å²) in [4.78, 5) is 0. The lowest BCUT2D eigenvalue weighted by atomic mass is 9.79. The number of rotatable bonds is 5. The Balaban J connectivity index is 1.40. The van der Waals surface area contributed by atoms with E-state index in [4.69, 9.17) is 0 Å². The molecule has 1 N–H and O–H groups in total. The van der Waals surface area contributed by atoms with Gasteiger partial charge in [0.1, 0.15) is 0 Å². The van der Waals surface area contributed by atoms with Crippen LogP contribution in [-0.4, -0.2) is 0 Å². The zero-order valence-electron chi connectivity index (χ0n) is 26.2. The van der Waals surface area contributed by atoms with Crippen LogP contribution in [0.15, 0.2) is 84.9 Å². The highest BCUT2D eigenvalue weighted by Gasteiger charge is 2.37. The maximum absolute atomic E-state index is 9.77. The fraction of sp³-hybridized carbons (Fsp3) is 0.385. The van der Waals surface area contributed by atoms with Crippen LogP contribution >= 0.6 is 0 Å². The number of anilines is 2. The third-order valence-corrected chi connectivity index (χ3v) is 9.79. The van der Waals surface area contributed by atoms with Gasteiger partial charge in [-0.25, -0.2) is 0 Å². The highest BCUT2D eigenvalue weighted by Crippen LogP contribution is 2.52. The minimum atomic E-state index is -0.610. The lowest BCUT2D eigenvalue weighted by Crippen LogP contribution is -2.16. The molecule has 2 fully saturated rings. The van der Waals surface area contributed by atoms with Crippen LogP contribution in [0.4, 0.5) is 11.4 Å². The molecule has 0 bridgehead atoms. The van der Waals surface area contributed by atoms with Crippen molar-refractivity contribution in [2.24, 2.45) is 0 Å². The lowest BCUT2D eigenvalue weighted by Gasteiger charge is -2.29. The fourth-order valence-corrected chi connectivity index (χ4v) is 7.54. The quantitative estimate of drug-likeness (QED) is 0.272. The molecular formula is C39H43N. The van der Waals surface area contributed by atoms with Gasteiger partial charge in [-0.1, -0.05) is 113 Å². The van der Waals surface area contributed by atoms with E-state index in [0.29, 0.717) is 0 Å². The molecule has 40 heavy (non-hydrogen) atoms. The van der Waals surface area contributed by atoms with Gasteiger partial charge in [-0.05, 0) is 106 Å². The van der Waals surface area contributed by atoms with E-state index in [2.05, 4.69) is 104 Å². The molecule has 2 saturated carbocycles. The minimum Gasteiger partial charge on any atom is -0.355 e. The summed E-state index contributed by atoms with van der Waals surface area (Å²) in [5.41, 5.74) is 11.8. The van der Waals surface area contributed by atoms with Crippen molar-refractivity contribution in [3.05, 3.63) is 107 Å². The van der Waals surface area contributed by atoms with Crippen LogP contribution in [0.1, 0.15) is 115 Å². The van der Waals surface area contributed by atoms with Crippen molar-refractivity contribution in [2.45, 2.75) is 95.3 Å². The van der Waals surface area contributed by atoms with Gasteiger partial charge in [-0.2, -0.15) is 0 Å². The molecule has 0 amide bonds. The Morgan fingerprint density at radius 2 is 1.20 bits per heavy atom. The molecule has 0 atom stereocenters. The zero-order chi connectivity index (χ0) is 29.0. The fourth-order valence-electron chi connectivity index (χ4n) is 7.54. The molecule has 7 rings (SSSR count). The molecule has 0 unspecified atom stereocenters. The number of hydrogen-bond acceptors (Lipinski definition) is 1. The van der Waals surface area contributed by atoms with Gasteiger partial charge in [0.15, 0.2) is 0 Å². The van der Waals surface area contributed by atoms with Gasteiger partial charge in [0.2, 0.25) is 0 Å². The van der Waals surface area contributed by atoms with Crippen LogP contribution in [0.5, 0.6) is 0 Å². The monoisotopic (exact) mass is 527 g/mol. The summed E-state index contributed by atoms with van der Waals surface area (Å²) in [5, 5.41) is 3.92. The van der Waals surface area contributed by atoms with Crippen molar-refractivity contribution < 1.29 is 2.74 Å². The smallest absolute Gasteiger partial charge is 0.0423 e. The summed E-state index contributed by atoms with van der Waals surface area (Å²) in [7, 11) is 0. The maximum Gasteiger partial charge on any atom is 0.0423 e. The first-order valence-electron chi connectivity index (χ1n) is 16.5. The first-order chi connectivity index (χ1) is 20.3. The van der Waals surface area contributed by atoms with E-state index in [1.54, 1.807) is 0 Å². The number of benzene rings is 4. The molecule has 3 aliphatic rings. The predicted molar refractivity (Wildman–Crippen MR) is 171 cm³/mol. The predicted octanol–water partition coefficient (Wildman–Crippen LogP) is 11.5. The van der Waals surface area contributed by atoms with Gasteiger partial charge in [-0.3, -0.25) is 0 Å². The van der Waals surface area contributed by atoms with Crippen molar-refractivity contribution in [2.75, 3.05) is 5.32 Å². The van der Waals surface area contributed by atoms with E-state index in [1.807, 2.05) is 0 Å². The third kappa shape index (κ3) is 4.58. The van der Waals surface area contributed by atoms with E-state index in [1.165, 1.54) is 46.2 Å². The van der Waals surface area contributed by atoms with Crippen LogP contribution < -0.4 is 5.32 Å². The molecule has 1 nitrogen and oxygen atoms in total. The Kier molecular flexibility index (Phi) is 6.19. The Bertz CT molecular complexity index is 1610. The van der Waals surface area contributed by atoms with Gasteiger partial charge in [0.25, 0.3) is 0 Å². The number of nitrogens with one attached hydrogen (secondary N) is 1. The summed E-state index contributed by atoms with van der Waals surface area (Å²) >= 11 is 0. The topological polar surface area (TPSA) is 12.0 Å². The molecule has 0 aromatic heterocycles. The van der Waals surface area contributed by atoms with Gasteiger partial charge >= 0.3 is 0 Å². The van der Waals surface area contributed by atoms with Crippen LogP contribution in [0, 0.1) is 0 Å². The molecule has 0 spiro atoms. The molecule has 3 aliphatic carbocycles. The Morgan fingerprint density at radius 3 is 1.90 bits per heavy atom. The highest BCUT2D eigenvalue weighted by atomic mass is 14.9. The first kappa shape index (κ1) is 23.4. The van der Waals surface area contributed by atoms with Crippen LogP contribution in [-0.2, 0) is 5.41 Å². The van der Waals surface area contributed by atoms with Gasteiger partial charge in [0, 0.05) is 19.5 Å². The second-order valence-electron chi connectivity index (χ2n) is 12.7. The number of hydrogen-bond donors (Lipinski definition) is 1. The molecule has 1 heteroatoms. The van der Waals surface area contributed by atoms with E-state index in [9.17, 15) is 2.74 Å². The van der Waals surface area contributed by atoms with Crippen molar-refractivity contribution >= 4 is 11.4 Å². The summed E-state index contributed by atoms with van der Waals surface area (Å²) in [6, 6.07) is 30.8. The molecule has 0 saturated heterocycles. The highest BCUT2D eigenvalue weighted by molar-refractivity contribution is 5.85. The Hall–Kier alpha value is -3.32. The van der Waals surface area contributed by atoms with E-state index in [0.717, 1.165) is 73.9 Å². The lowest BCUT2D eigenvalue weighted by molar-refractivity contribution is 0.443. The van der Waals surface area contributed by atoms with Crippen LogP contribution in [0.25, 0.3) is 22.3 Å². The minimum absolute atomic E-state index is 0.108. The average molecular weight is 528 g/mol. The molecule has 0 aliphatic heterocycles. The Morgan fingerprint density at radius 1 is 0.575 bits per heavy atom. The van der Waals surface area contributed by atoms with Crippen LogP contribution in [0.3, 0.4) is 0 Å². The molecule has 0 radical (unpaired) electrons. The standard InChI is InChI=1S/C39H43N/c1-39(2)35-21-13-12-20-31(35)34-25-33(29-18-10-5-11-19-29)38(26-36(34)39)40-37-23-22-30(27-14-6-3-7-15-27)24-32(37)28-16-8-4-9-17-28/h3,6-7,12-15,20-26,28-29,40H,4-5,8-11,16-19H2,1-2H3/i28D,29D. The van der Waals surface area contributed by atoms with Gasteiger partial charge < -0.3 is 5.32 Å². The largest absolute Gasteiger partial charge is 0.355 e. The summed E-state index contributed by atoms with van der Waals surface area (Å²) in [6.45, 7) is 4.66. The second-order valence-corrected chi connectivity index (χ2v) is 12.7. The molecule has 0 heterocycles. The third-order valence-electron chi connectivity index (χ3n) is 9.79. The van der Waals surface area contributed by atoms with E-state index in [-0.39, 0.29) is 5.41 Å².